The fourth-order valence-electron chi connectivity index (χ4n) is 16.1. The molecule has 0 amide bonds. The van der Waals surface area contributed by atoms with Gasteiger partial charge in [0.1, 0.15) is 0 Å². The van der Waals surface area contributed by atoms with Crippen LogP contribution in [0.3, 0.4) is 0 Å². The molecule has 2 nitrogen and oxygen atoms in total. The number of rotatable bonds is 5. The van der Waals surface area contributed by atoms with Crippen LogP contribution < -0.4 is 9.80 Å². The van der Waals surface area contributed by atoms with Gasteiger partial charge in [-0.05, 0) is 198 Å². The van der Waals surface area contributed by atoms with Crippen molar-refractivity contribution in [3.63, 3.8) is 0 Å². The van der Waals surface area contributed by atoms with Crippen LogP contribution in [0.1, 0.15) is 104 Å². The second kappa shape index (κ2) is 15.1. The highest BCUT2D eigenvalue weighted by atomic mass is 15.2. The molecule has 0 fully saturated rings. The van der Waals surface area contributed by atoms with Crippen LogP contribution in [0.5, 0.6) is 0 Å². The maximum absolute atomic E-state index is 3.82. The molecule has 12 aromatic rings. The number of anilines is 6. The lowest BCUT2D eigenvalue weighted by Gasteiger charge is -2.47. The van der Waals surface area contributed by atoms with Crippen LogP contribution in [-0.2, 0) is 22.7 Å². The minimum absolute atomic E-state index is 0.120. The third-order valence-corrected chi connectivity index (χ3v) is 19.4. The summed E-state index contributed by atoms with van der Waals surface area (Å²) in [4.78, 5) is 5.26. The molecule has 0 saturated carbocycles. The minimum atomic E-state index is -0.440. The summed E-state index contributed by atoms with van der Waals surface area (Å²) in [5.41, 5.74) is 28.5. The van der Waals surface area contributed by atoms with Gasteiger partial charge in [-0.25, -0.2) is 0 Å². The van der Waals surface area contributed by atoms with Crippen molar-refractivity contribution in [3.8, 4) is 44.5 Å². The maximum Gasteiger partial charge on any atom is 0.0974 e. The fourth-order valence-corrected chi connectivity index (χ4v) is 16.1. The fraction of sp³-hybridized carbons (Fsp3) is 0.158. The van der Waals surface area contributed by atoms with Gasteiger partial charge in [-0.1, -0.05) is 179 Å². The van der Waals surface area contributed by atoms with Gasteiger partial charge in [0.2, 0.25) is 0 Å². The number of aryl methyl sites for hydroxylation is 1. The first-order valence-corrected chi connectivity index (χ1v) is 28.0. The summed E-state index contributed by atoms with van der Waals surface area (Å²) in [6, 6.07) is 85.4. The van der Waals surface area contributed by atoms with Crippen LogP contribution in [0.15, 0.2) is 188 Å². The highest BCUT2D eigenvalue weighted by Gasteiger charge is 2.54. The Morgan fingerprint density at radius 2 is 1.12 bits per heavy atom. The molecule has 0 spiro atoms. The van der Waals surface area contributed by atoms with E-state index < -0.39 is 10.8 Å². The zero-order valence-electron chi connectivity index (χ0n) is 44.8. The second-order valence-electron chi connectivity index (χ2n) is 24.1. The molecule has 0 bridgehead atoms. The first-order chi connectivity index (χ1) is 38.1. The third kappa shape index (κ3) is 5.31. The van der Waals surface area contributed by atoms with Gasteiger partial charge in [0.25, 0.3) is 0 Å². The first kappa shape index (κ1) is 44.1. The largest absolute Gasteiger partial charge is 0.309 e. The van der Waals surface area contributed by atoms with Crippen LogP contribution in [0.25, 0.3) is 76.8 Å². The summed E-state index contributed by atoms with van der Waals surface area (Å²) < 4.78 is 0. The molecule has 3 aliphatic carbocycles. The van der Waals surface area contributed by atoms with Crippen molar-refractivity contribution in [1.29, 1.82) is 0 Å². The van der Waals surface area contributed by atoms with Gasteiger partial charge >= 0.3 is 0 Å². The van der Waals surface area contributed by atoms with Gasteiger partial charge in [0.05, 0.1) is 28.4 Å². The lowest BCUT2D eigenvalue weighted by molar-refractivity contribution is 0.472. The van der Waals surface area contributed by atoms with E-state index >= 15 is 0 Å². The van der Waals surface area contributed by atoms with Gasteiger partial charge in [-0.2, -0.15) is 0 Å². The van der Waals surface area contributed by atoms with Gasteiger partial charge in [-0.3, -0.25) is 0 Å². The molecular formula is C76H54N2. The predicted octanol–water partition coefficient (Wildman–Crippen LogP) is 19.7. The number of hydrogen-bond acceptors (Lipinski definition) is 2. The van der Waals surface area contributed by atoms with E-state index in [0.29, 0.717) is 0 Å². The van der Waals surface area contributed by atoms with E-state index in [2.05, 4.69) is 264 Å². The van der Waals surface area contributed by atoms with Crippen molar-refractivity contribution in [2.24, 2.45) is 0 Å². The van der Waals surface area contributed by atoms with Crippen molar-refractivity contribution in [3.05, 3.63) is 262 Å². The Bertz CT molecular complexity index is 4560. The topological polar surface area (TPSA) is 6.48 Å². The molecule has 78 heavy (non-hydrogen) atoms. The quantitative estimate of drug-likeness (QED) is 0.159. The molecule has 0 aromatic heterocycles. The van der Waals surface area contributed by atoms with E-state index in [9.17, 15) is 0 Å². The standard InChI is InChI=1S/C76H54N2/c1-44(2)64-55-39-40-57-67-65(55)58(73-71(64)76(6)60-28-16-14-24-52(60)54-26-18-30-63(69(54)76)78(73)50-37-33-48(34-38-50)46-21-11-8-12-22-46)43-61-66(67)56(41-42-74(61,3)4)70-72(57)77(49-35-31-47(32-36-49)45-19-9-7-10-20-45)62-29-17-25-53-51-23-13-15-27-59(51)75(70,5)68(53)62/h7-12,14-22,24-33,35-37,39-40,43-44H,41-42H2,1-6H3. The third-order valence-electron chi connectivity index (χ3n) is 19.4. The molecule has 2 heteroatoms. The highest BCUT2D eigenvalue weighted by molar-refractivity contribution is 6.32. The summed E-state index contributed by atoms with van der Waals surface area (Å²) in [5, 5.41) is 8.16. The zero-order chi connectivity index (χ0) is 52.1. The number of hydrogen-bond donors (Lipinski definition) is 0. The monoisotopic (exact) mass is 994 g/mol. The van der Waals surface area contributed by atoms with Crippen molar-refractivity contribution >= 4 is 66.4 Å². The minimum Gasteiger partial charge on any atom is -0.309 e. The highest BCUT2D eigenvalue weighted by Crippen LogP contribution is 2.69. The number of nitrogens with zero attached hydrogens (tertiary/aromatic N) is 2. The molecular weight excluding hydrogens is 941 g/mol. The van der Waals surface area contributed by atoms with Gasteiger partial charge in [0.15, 0.2) is 0 Å². The Hall–Kier alpha value is -9.08. The summed E-state index contributed by atoms with van der Waals surface area (Å²) in [7, 11) is 0. The van der Waals surface area contributed by atoms with Gasteiger partial charge in [-0.15, -0.1) is 0 Å². The van der Waals surface area contributed by atoms with Crippen molar-refractivity contribution in [2.75, 3.05) is 9.80 Å². The van der Waals surface area contributed by atoms with Gasteiger partial charge < -0.3 is 9.80 Å². The molecule has 5 aliphatic rings. The Morgan fingerprint density at radius 3 is 1.87 bits per heavy atom. The molecule has 0 saturated heterocycles. The van der Waals surface area contributed by atoms with Crippen molar-refractivity contribution < 1.29 is 0 Å². The van der Waals surface area contributed by atoms with E-state index in [1.165, 1.54) is 139 Å². The van der Waals surface area contributed by atoms with E-state index in [-0.39, 0.29) is 11.3 Å². The molecule has 12 aromatic carbocycles. The molecule has 368 valence electrons. The Kier molecular flexibility index (Phi) is 8.54. The Morgan fingerprint density at radius 1 is 0.462 bits per heavy atom. The van der Waals surface area contributed by atoms with Crippen LogP contribution in [0, 0.1) is 24.3 Å². The van der Waals surface area contributed by atoms with Crippen molar-refractivity contribution in [1.82, 2.24) is 0 Å². The molecule has 0 radical (unpaired) electrons. The molecule has 2 unspecified atom stereocenters. The molecule has 0 N–H and O–H groups in total. The van der Waals surface area contributed by atoms with E-state index in [4.69, 9.17) is 0 Å². The molecule has 2 aliphatic heterocycles. The lowest BCUT2D eigenvalue weighted by Crippen LogP contribution is -2.36. The molecule has 2 atom stereocenters. The summed E-state index contributed by atoms with van der Waals surface area (Å²) in [6.45, 7) is 15.0. The normalized spacial score (nSPS) is 18.3. The predicted molar refractivity (Wildman–Crippen MR) is 323 cm³/mol. The summed E-state index contributed by atoms with van der Waals surface area (Å²) in [5.74, 6) is 0.198. The average molecular weight is 995 g/mol. The number of benzene rings is 10. The summed E-state index contributed by atoms with van der Waals surface area (Å²) in [6.07, 6.45) is 2.01. The second-order valence-corrected chi connectivity index (χ2v) is 24.1. The van der Waals surface area contributed by atoms with E-state index in [0.717, 1.165) is 35.3 Å². The van der Waals surface area contributed by atoms with Crippen LogP contribution in [0.4, 0.5) is 34.1 Å². The summed E-state index contributed by atoms with van der Waals surface area (Å²) >= 11 is 0. The Labute approximate surface area is 457 Å². The van der Waals surface area contributed by atoms with Crippen LogP contribution in [-0.4, -0.2) is 0 Å². The van der Waals surface area contributed by atoms with Crippen LogP contribution >= 0.6 is 0 Å². The lowest BCUT2D eigenvalue weighted by atomic mass is 9.61. The zero-order valence-corrected chi connectivity index (χ0v) is 44.8. The first-order valence-electron chi connectivity index (χ1n) is 28.0. The van der Waals surface area contributed by atoms with E-state index in [1.807, 2.05) is 0 Å². The maximum atomic E-state index is 3.82. The molecule has 17 rings (SSSR count). The van der Waals surface area contributed by atoms with Gasteiger partial charge in [0, 0.05) is 43.8 Å². The van der Waals surface area contributed by atoms with E-state index in [1.54, 1.807) is 0 Å². The SMILES string of the molecule is CC(C)c1c2c(c3cc4c5c(c6c(c7ccc1c3c75)N(c1ccc(-c3ccccc3)cc1)c1cccc3c1C6(C)c1ccc#cc1-3)CCC4(C)C)N(c1c#cc(-c3ccccc3)cc1)c1cccc3c1C2(C)c1ccccc1-3. The Balaban J connectivity index is 1.05. The smallest absolute Gasteiger partial charge is 0.0974 e. The van der Waals surface area contributed by atoms with Crippen LogP contribution in [0.2, 0.25) is 0 Å². The van der Waals surface area contributed by atoms with Crippen molar-refractivity contribution in [2.45, 2.75) is 76.5 Å². The number of fused-ring (bicyclic) bond motifs is 13. The average Bonchev–Trinajstić information content (AvgIpc) is 3.07. The molecule has 2 heterocycles.